The number of aliphatic hydroxyl groups is 2. The Balaban J connectivity index is 0.00000268. The number of allylic oxidation sites excluding steroid dienone is 1. The molecule has 2 fully saturated rings. The van der Waals surface area contributed by atoms with E-state index in [9.17, 15) is 47.6 Å². The predicted molar refractivity (Wildman–Crippen MR) is 373 cm³/mol. The summed E-state index contributed by atoms with van der Waals surface area (Å²) in [4.78, 5) is 93.7. The first-order valence-electron chi connectivity index (χ1n) is 31.2. The van der Waals surface area contributed by atoms with Crippen LogP contribution in [0.5, 0.6) is 0 Å². The van der Waals surface area contributed by atoms with Crippen molar-refractivity contribution in [3.63, 3.8) is 0 Å². The summed E-state index contributed by atoms with van der Waals surface area (Å²) in [6, 6.07) is 22.7. The Bertz CT molecular complexity index is 4740. The van der Waals surface area contributed by atoms with E-state index in [0.717, 1.165) is 45.0 Å². The Morgan fingerprint density at radius 2 is 1.10 bits per heavy atom. The molecule has 0 saturated carbocycles. The molecule has 0 radical (unpaired) electrons. The van der Waals surface area contributed by atoms with E-state index in [2.05, 4.69) is 40.6 Å². The van der Waals surface area contributed by atoms with Crippen molar-refractivity contribution in [2.45, 2.75) is 32.6 Å². The molecule has 4 aromatic carbocycles. The van der Waals surface area contributed by atoms with Gasteiger partial charge in [-0.25, -0.2) is 14.5 Å². The van der Waals surface area contributed by atoms with Crippen LogP contribution in [0, 0.1) is 17.9 Å². The number of amides is 4. The average Bonchev–Trinajstić information content (AvgIpc) is 1.61. The number of azo groups is 2. The van der Waals surface area contributed by atoms with Crippen LogP contribution in [0.3, 0.4) is 0 Å². The van der Waals surface area contributed by atoms with Crippen molar-refractivity contribution in [2.75, 3.05) is 140 Å². The number of nitrogens with zero attached hydrogens (tertiary/aromatic N) is 18. The van der Waals surface area contributed by atoms with E-state index in [1.54, 1.807) is 41.3 Å². The van der Waals surface area contributed by atoms with Gasteiger partial charge >= 0.3 is 22.4 Å². The maximum absolute atomic E-state index is 13.9. The number of nitriles is 1. The number of rotatable bonds is 26. The fraction of sp³-hybridized carbons (Fsp3) is 0.317. The van der Waals surface area contributed by atoms with Crippen molar-refractivity contribution < 1.29 is 64.5 Å². The maximum atomic E-state index is 13.9. The number of imide groups is 2. The van der Waals surface area contributed by atoms with Gasteiger partial charge in [0.1, 0.15) is 39.7 Å². The second-order valence-corrected chi connectivity index (χ2v) is 25.5. The maximum Gasteiger partial charge on any atom is 0.425 e. The van der Waals surface area contributed by atoms with E-state index in [1.165, 1.54) is 24.3 Å². The minimum Gasteiger partial charge on any atom is -0.395 e. The zero-order valence-corrected chi connectivity index (χ0v) is 57.8. The quantitative estimate of drug-likeness (QED) is 0.0112. The smallest absolute Gasteiger partial charge is 0.395 e. The molecule has 3 aromatic heterocycles. The number of hydrogen-bond acceptors (Lipinski definition) is 32. The Labute approximate surface area is 587 Å². The summed E-state index contributed by atoms with van der Waals surface area (Å²) < 4.78 is 71.2. The third-order valence-corrected chi connectivity index (χ3v) is 18.5. The Hall–Kier alpha value is -10.9. The highest BCUT2D eigenvalue weighted by Gasteiger charge is 2.44. The van der Waals surface area contributed by atoms with Crippen molar-refractivity contribution in [2.24, 2.45) is 20.5 Å². The normalized spacial score (nSPS) is 14.8. The third-order valence-electron chi connectivity index (χ3n) is 15.9. The van der Waals surface area contributed by atoms with Crippen molar-refractivity contribution in [3.05, 3.63) is 134 Å². The lowest BCUT2D eigenvalue weighted by Gasteiger charge is -2.27. The van der Waals surface area contributed by atoms with E-state index in [0.29, 0.717) is 122 Å². The highest BCUT2D eigenvalue weighted by atomic mass is 32.2. The monoisotopic (exact) mass is 1450 g/mol. The first-order chi connectivity index (χ1) is 48.7. The van der Waals surface area contributed by atoms with Crippen LogP contribution >= 0.6 is 22.7 Å². The highest BCUT2D eigenvalue weighted by Crippen LogP contribution is 2.42. The molecule has 524 valence electrons. The van der Waals surface area contributed by atoms with Gasteiger partial charge in [0, 0.05) is 76.8 Å². The molecule has 0 bridgehead atoms. The van der Waals surface area contributed by atoms with Crippen molar-refractivity contribution >= 4 is 153 Å². The Morgan fingerprint density at radius 3 is 1.53 bits per heavy atom. The number of nitrogens with one attached hydrogen (secondary N) is 2. The summed E-state index contributed by atoms with van der Waals surface area (Å²) in [6.07, 6.45) is 2.75. The fourth-order valence-electron chi connectivity index (χ4n) is 11.1. The van der Waals surface area contributed by atoms with Gasteiger partial charge in [0.05, 0.1) is 83.0 Å². The second-order valence-electron chi connectivity index (χ2n) is 21.7. The molecule has 2 saturated heterocycles. The van der Waals surface area contributed by atoms with Gasteiger partial charge in [-0.3, -0.25) is 14.1 Å². The lowest BCUT2D eigenvalue weighted by molar-refractivity contribution is 0.0694. The molecule has 4 amide bonds. The summed E-state index contributed by atoms with van der Waals surface area (Å²) in [5.74, 6) is -2.71. The molecule has 0 atom stereocenters. The van der Waals surface area contributed by atoms with Crippen LogP contribution in [-0.4, -0.2) is 199 Å². The summed E-state index contributed by atoms with van der Waals surface area (Å²) in [5, 5.41) is 56.7. The molecule has 0 spiro atoms. The minimum atomic E-state index is -4.95. The van der Waals surface area contributed by atoms with Crippen LogP contribution in [0.25, 0.3) is 17.0 Å². The SMILES string of the molecule is O=S(=O)=O.[C-]#[N+]/C(=C\c1sc(N=Nc2ccc(N(CC)CC)cc2Nc2nc(Nc3cc(N(CC)CC)ccc3N=Nc3nc(N4CCOCC4)c(/C=C(\C#N)N4C(=O)c5cccc(S(=O)(=O)O)c5C4=O)s3)nc(N(CCO)CCO)n2)nc1N1CCOCC1)N1C(=O)c2ccccc2C1=O. The molecule has 4 aliphatic heterocycles. The first kappa shape index (κ1) is 72.8. The molecule has 101 heavy (non-hydrogen) atoms. The first-order valence-corrected chi connectivity index (χ1v) is 35.3. The van der Waals surface area contributed by atoms with Crippen LogP contribution in [0.4, 0.5) is 73.9 Å². The molecule has 4 aliphatic rings. The van der Waals surface area contributed by atoms with Crippen LogP contribution in [0.1, 0.15) is 78.9 Å². The van der Waals surface area contributed by atoms with Gasteiger partial charge in [0.25, 0.3) is 21.9 Å². The van der Waals surface area contributed by atoms with Crippen molar-refractivity contribution in [1.29, 1.82) is 5.26 Å². The van der Waals surface area contributed by atoms with Crippen LogP contribution in [0.15, 0.2) is 116 Å². The number of fused-ring (bicyclic) bond motifs is 2. The lowest BCUT2D eigenvalue weighted by atomic mass is 10.1. The number of anilines is 9. The molecule has 0 unspecified atom stereocenters. The molecular formula is C63H64N20O14S4. The molecule has 7 heterocycles. The molecule has 34 nitrogen and oxygen atoms in total. The zero-order valence-electron chi connectivity index (χ0n) is 54.5. The molecule has 38 heteroatoms. The van der Waals surface area contributed by atoms with Gasteiger partial charge < -0.3 is 59.7 Å². The number of carbonyl (C=O) groups is 4. The number of benzene rings is 4. The molecule has 5 N–H and O–H groups in total. The van der Waals surface area contributed by atoms with Crippen LogP contribution in [-0.2, 0) is 30.2 Å². The largest absolute Gasteiger partial charge is 0.425 e. The van der Waals surface area contributed by atoms with Crippen molar-refractivity contribution in [3.8, 4) is 6.07 Å². The number of ether oxygens (including phenoxy) is 2. The van der Waals surface area contributed by atoms with Gasteiger partial charge in [-0.15, -0.1) is 33.1 Å². The molecular weight excluding hydrogens is 1390 g/mol. The van der Waals surface area contributed by atoms with E-state index in [-0.39, 0.29) is 82.6 Å². The molecule has 11 rings (SSSR count). The Morgan fingerprint density at radius 1 is 0.644 bits per heavy atom. The number of aliphatic hydroxyl groups excluding tert-OH is 2. The molecule has 7 aromatic rings. The third kappa shape index (κ3) is 16.5. The van der Waals surface area contributed by atoms with E-state index in [1.807, 2.05) is 67.8 Å². The number of hydrogen-bond donors (Lipinski definition) is 5. The topological polar surface area (TPSA) is 422 Å². The number of carbonyl (C=O) groups excluding carboxylic acids is 4. The van der Waals surface area contributed by atoms with Crippen molar-refractivity contribution in [1.82, 2.24) is 34.7 Å². The second kappa shape index (κ2) is 32.8. The van der Waals surface area contributed by atoms with Gasteiger partial charge in [0.2, 0.25) is 33.9 Å². The van der Waals surface area contributed by atoms with Crippen LogP contribution in [0.2, 0.25) is 0 Å². The zero-order chi connectivity index (χ0) is 72.1. The summed E-state index contributed by atoms with van der Waals surface area (Å²) in [7, 11) is -8.06. The van der Waals surface area contributed by atoms with Gasteiger partial charge in [0.15, 0.2) is 0 Å². The van der Waals surface area contributed by atoms with Gasteiger partial charge in [-0.1, -0.05) is 47.4 Å². The number of thiazole rings is 2. The highest BCUT2D eigenvalue weighted by molar-refractivity contribution is 7.86. The number of morpholine rings is 2. The Kier molecular flexibility index (Phi) is 23.7. The summed E-state index contributed by atoms with van der Waals surface area (Å²) >= 11 is 2.09. The lowest BCUT2D eigenvalue weighted by Crippen LogP contribution is -2.36. The number of aromatic nitrogens is 5. The fourth-order valence-corrected chi connectivity index (χ4v) is 13.5. The predicted octanol–water partition coefficient (Wildman–Crippen LogP) is 8.18. The minimum absolute atomic E-state index is 0.00321. The summed E-state index contributed by atoms with van der Waals surface area (Å²) in [6.45, 7) is 21.3. The van der Waals surface area contributed by atoms with E-state index < -0.39 is 60.5 Å². The van der Waals surface area contributed by atoms with E-state index >= 15 is 0 Å². The average molecular weight is 1450 g/mol. The summed E-state index contributed by atoms with van der Waals surface area (Å²) in [5.41, 5.74) is 1.99. The molecule has 0 aliphatic carbocycles. The standard InChI is InChI=1S/C63H64N20O11S3.O3S/c1-6-77(7-2)38-17-19-44(73-75-62-68-53(79-23-29-93-30-24-79)48(95-62)35-40(37-64)82-57(88)43-15-12-16-50(97(90,91)92)52(43)58(82)89)46(33-38)66-59-70-60(72-61(71-59)81(21-27-84)22-28-85)67-47-34-39(78(8-3)9-4)18-20-45(47)74-76-63-69-54(80-25-31-94-32-26-80)49(96-63)36-51(65-5)83-55(86)41-13-10-11-14-42(41)56(83)87;1-4(2)3/h10-20,33-36,84-85H,6-9,21-32H2,1-4H3,(H,90,91,92)(H2,66,67,70,71,72);/b40-35+,51-36+,75-73?,76-74?;. The van der Waals surface area contributed by atoms with E-state index in [4.69, 9.17) is 58.7 Å². The van der Waals surface area contributed by atoms with Gasteiger partial charge in [-0.2, -0.15) is 43.5 Å². The van der Waals surface area contributed by atoms with Crippen LogP contribution < -0.4 is 35.1 Å². The van der Waals surface area contributed by atoms with Gasteiger partial charge in [-0.05, 0) is 101 Å².